The van der Waals surface area contributed by atoms with Crippen LogP contribution in [-0.2, 0) is 6.42 Å². The summed E-state index contributed by atoms with van der Waals surface area (Å²) in [5, 5.41) is 3.56. The van der Waals surface area contributed by atoms with Crippen LogP contribution in [-0.4, -0.2) is 19.2 Å². The monoisotopic (exact) mass is 261 g/mol. The standard InChI is InChI=1S/C17H27NO/c1-12-6-7-16-14(8-12)9-15(19-16)11-18-10-13(2)17(3,4)5/h6-8,13,15,18H,9-11H2,1-5H3. The van der Waals surface area contributed by atoms with Crippen LogP contribution in [0.15, 0.2) is 18.2 Å². The average molecular weight is 261 g/mol. The predicted molar refractivity (Wildman–Crippen MR) is 80.8 cm³/mol. The molecule has 0 aromatic heterocycles. The van der Waals surface area contributed by atoms with Crippen LogP contribution in [0.25, 0.3) is 0 Å². The van der Waals surface area contributed by atoms with Gasteiger partial charge in [-0.2, -0.15) is 0 Å². The summed E-state index contributed by atoms with van der Waals surface area (Å²) in [5.41, 5.74) is 3.04. The van der Waals surface area contributed by atoms with Crippen molar-refractivity contribution >= 4 is 0 Å². The molecule has 1 aromatic carbocycles. The van der Waals surface area contributed by atoms with E-state index in [1.165, 1.54) is 11.1 Å². The third-order valence-electron chi connectivity index (χ3n) is 4.26. The Balaban J connectivity index is 1.78. The Hall–Kier alpha value is -1.02. The highest BCUT2D eigenvalue weighted by atomic mass is 16.5. The molecule has 1 aliphatic rings. The van der Waals surface area contributed by atoms with E-state index in [9.17, 15) is 0 Å². The van der Waals surface area contributed by atoms with Crippen LogP contribution in [0, 0.1) is 18.3 Å². The molecule has 0 radical (unpaired) electrons. The topological polar surface area (TPSA) is 21.3 Å². The summed E-state index contributed by atoms with van der Waals surface area (Å²) >= 11 is 0. The van der Waals surface area contributed by atoms with Crippen molar-refractivity contribution in [2.24, 2.45) is 11.3 Å². The lowest BCUT2D eigenvalue weighted by Gasteiger charge is -2.27. The number of hydrogen-bond donors (Lipinski definition) is 1. The van der Waals surface area contributed by atoms with Crippen LogP contribution >= 0.6 is 0 Å². The first-order valence-electron chi connectivity index (χ1n) is 7.33. The Labute approximate surface area is 117 Å². The molecule has 1 aromatic rings. The summed E-state index contributed by atoms with van der Waals surface area (Å²) in [6.07, 6.45) is 1.33. The average Bonchev–Trinajstić information content (AvgIpc) is 2.69. The summed E-state index contributed by atoms with van der Waals surface area (Å²) in [4.78, 5) is 0. The lowest BCUT2D eigenvalue weighted by atomic mass is 9.82. The van der Waals surface area contributed by atoms with Gasteiger partial charge in [0.1, 0.15) is 11.9 Å². The highest BCUT2D eigenvalue weighted by molar-refractivity contribution is 5.40. The maximum Gasteiger partial charge on any atom is 0.123 e. The number of rotatable bonds is 4. The van der Waals surface area contributed by atoms with Crippen LogP contribution in [0.4, 0.5) is 0 Å². The minimum atomic E-state index is 0.295. The highest BCUT2D eigenvalue weighted by Gasteiger charge is 2.24. The molecule has 2 rings (SSSR count). The van der Waals surface area contributed by atoms with E-state index in [4.69, 9.17) is 4.74 Å². The second-order valence-electron chi connectivity index (χ2n) is 6.98. The Kier molecular flexibility index (Phi) is 4.19. The van der Waals surface area contributed by atoms with E-state index in [2.05, 4.69) is 58.1 Å². The fourth-order valence-corrected chi connectivity index (χ4v) is 2.33. The molecule has 0 saturated carbocycles. The van der Waals surface area contributed by atoms with Gasteiger partial charge in [-0.1, -0.05) is 45.4 Å². The van der Waals surface area contributed by atoms with Crippen molar-refractivity contribution in [3.63, 3.8) is 0 Å². The van der Waals surface area contributed by atoms with Gasteiger partial charge in [-0.3, -0.25) is 0 Å². The molecule has 0 aliphatic carbocycles. The third-order valence-corrected chi connectivity index (χ3v) is 4.26. The molecule has 0 bridgehead atoms. The Morgan fingerprint density at radius 2 is 2.11 bits per heavy atom. The fraction of sp³-hybridized carbons (Fsp3) is 0.647. The molecule has 1 aliphatic heterocycles. The van der Waals surface area contributed by atoms with Crippen molar-refractivity contribution in [2.75, 3.05) is 13.1 Å². The molecule has 106 valence electrons. The zero-order valence-corrected chi connectivity index (χ0v) is 12.9. The Morgan fingerprint density at radius 3 is 2.79 bits per heavy atom. The number of aryl methyl sites for hydroxylation is 1. The summed E-state index contributed by atoms with van der Waals surface area (Å²) in [5.74, 6) is 1.74. The number of fused-ring (bicyclic) bond motifs is 1. The SMILES string of the molecule is Cc1ccc2c(c1)CC(CNCC(C)C(C)(C)C)O2. The molecule has 19 heavy (non-hydrogen) atoms. The second-order valence-corrected chi connectivity index (χ2v) is 6.98. The van der Waals surface area contributed by atoms with Gasteiger partial charge >= 0.3 is 0 Å². The normalized spacial score (nSPS) is 19.9. The van der Waals surface area contributed by atoms with E-state index in [0.717, 1.165) is 25.3 Å². The van der Waals surface area contributed by atoms with Crippen LogP contribution in [0.2, 0.25) is 0 Å². The van der Waals surface area contributed by atoms with Crippen molar-refractivity contribution in [1.82, 2.24) is 5.32 Å². The maximum atomic E-state index is 5.97. The van der Waals surface area contributed by atoms with Gasteiger partial charge in [-0.25, -0.2) is 0 Å². The molecule has 1 N–H and O–H groups in total. The van der Waals surface area contributed by atoms with Gasteiger partial charge in [0, 0.05) is 13.0 Å². The van der Waals surface area contributed by atoms with E-state index in [-0.39, 0.29) is 0 Å². The van der Waals surface area contributed by atoms with E-state index < -0.39 is 0 Å². The van der Waals surface area contributed by atoms with Gasteiger partial charge in [0.2, 0.25) is 0 Å². The van der Waals surface area contributed by atoms with E-state index in [1.807, 2.05) is 0 Å². The molecule has 2 atom stereocenters. The minimum Gasteiger partial charge on any atom is -0.488 e. The fourth-order valence-electron chi connectivity index (χ4n) is 2.33. The van der Waals surface area contributed by atoms with Crippen molar-refractivity contribution in [3.05, 3.63) is 29.3 Å². The van der Waals surface area contributed by atoms with Crippen LogP contribution in [0.3, 0.4) is 0 Å². The molecule has 2 nitrogen and oxygen atoms in total. The number of hydrogen-bond acceptors (Lipinski definition) is 2. The summed E-state index contributed by atoms with van der Waals surface area (Å²) in [6, 6.07) is 6.46. The molecule has 0 fully saturated rings. The molecule has 0 spiro atoms. The first kappa shape index (κ1) is 14.4. The zero-order chi connectivity index (χ0) is 14.0. The van der Waals surface area contributed by atoms with Gasteiger partial charge in [0.15, 0.2) is 0 Å². The Bertz CT molecular complexity index is 433. The molecule has 2 unspecified atom stereocenters. The van der Waals surface area contributed by atoms with E-state index in [1.54, 1.807) is 0 Å². The minimum absolute atomic E-state index is 0.295. The van der Waals surface area contributed by atoms with Crippen molar-refractivity contribution in [1.29, 1.82) is 0 Å². The molecular weight excluding hydrogens is 234 g/mol. The summed E-state index contributed by atoms with van der Waals surface area (Å²) < 4.78 is 5.97. The van der Waals surface area contributed by atoms with E-state index >= 15 is 0 Å². The first-order chi connectivity index (χ1) is 8.86. The maximum absolute atomic E-state index is 5.97. The van der Waals surface area contributed by atoms with Crippen LogP contribution < -0.4 is 10.1 Å². The predicted octanol–water partition coefficient (Wildman–Crippen LogP) is 3.57. The summed E-state index contributed by atoms with van der Waals surface area (Å²) in [6.45, 7) is 13.3. The largest absolute Gasteiger partial charge is 0.488 e. The van der Waals surface area contributed by atoms with Crippen molar-refractivity contribution in [3.8, 4) is 5.75 Å². The van der Waals surface area contributed by atoms with Gasteiger partial charge in [0.25, 0.3) is 0 Å². The Morgan fingerprint density at radius 1 is 1.37 bits per heavy atom. The number of ether oxygens (including phenoxy) is 1. The number of benzene rings is 1. The summed E-state index contributed by atoms with van der Waals surface area (Å²) in [7, 11) is 0. The van der Waals surface area contributed by atoms with Crippen molar-refractivity contribution in [2.45, 2.75) is 47.1 Å². The first-order valence-corrected chi connectivity index (χ1v) is 7.33. The zero-order valence-electron chi connectivity index (χ0n) is 12.9. The molecule has 0 amide bonds. The molecule has 0 saturated heterocycles. The van der Waals surface area contributed by atoms with Crippen LogP contribution in [0.1, 0.15) is 38.8 Å². The lowest BCUT2D eigenvalue weighted by molar-refractivity contribution is 0.208. The quantitative estimate of drug-likeness (QED) is 0.894. The molecule has 2 heteroatoms. The molecule has 1 heterocycles. The lowest BCUT2D eigenvalue weighted by Crippen LogP contribution is -2.36. The van der Waals surface area contributed by atoms with Gasteiger partial charge in [-0.15, -0.1) is 0 Å². The molecular formula is C17H27NO. The van der Waals surface area contributed by atoms with Gasteiger partial charge in [-0.05, 0) is 36.4 Å². The number of nitrogens with one attached hydrogen (secondary N) is 1. The van der Waals surface area contributed by atoms with Gasteiger partial charge in [0.05, 0.1) is 0 Å². The smallest absolute Gasteiger partial charge is 0.123 e. The second kappa shape index (κ2) is 5.54. The van der Waals surface area contributed by atoms with E-state index in [0.29, 0.717) is 17.4 Å². The van der Waals surface area contributed by atoms with Crippen molar-refractivity contribution < 1.29 is 4.74 Å². The van der Waals surface area contributed by atoms with Gasteiger partial charge < -0.3 is 10.1 Å². The van der Waals surface area contributed by atoms with Crippen LogP contribution in [0.5, 0.6) is 5.75 Å². The third kappa shape index (κ3) is 3.73. The highest BCUT2D eigenvalue weighted by Crippen LogP contribution is 2.29.